The number of hydrogen-bond donors (Lipinski definition) is 2. The van der Waals surface area contributed by atoms with Gasteiger partial charge in [-0.2, -0.15) is 0 Å². The summed E-state index contributed by atoms with van der Waals surface area (Å²) in [4.78, 5) is 2.09. The lowest BCUT2D eigenvalue weighted by molar-refractivity contribution is 0.109. The highest BCUT2D eigenvalue weighted by Crippen LogP contribution is 2.26. The predicted octanol–water partition coefficient (Wildman–Crippen LogP) is 3.65. The molecule has 0 fully saturated rings. The lowest BCUT2D eigenvalue weighted by atomic mass is 10.0. The first kappa shape index (κ1) is 15.8. The normalized spacial score (nSPS) is 14.1. The number of benzene rings is 2. The minimum Gasteiger partial charge on any atom is -0.398 e. The van der Waals surface area contributed by atoms with Gasteiger partial charge in [0.1, 0.15) is 0 Å². The molecule has 0 aromatic heterocycles. The molecule has 4 heteroatoms. The van der Waals surface area contributed by atoms with Crippen molar-refractivity contribution >= 4 is 17.3 Å². The second-order valence-electron chi connectivity index (χ2n) is 5.32. The molecular formula is C17H21ClN2O. The Morgan fingerprint density at radius 3 is 2.57 bits per heavy atom. The fraction of sp³-hybridized carbons (Fsp3) is 0.294. The zero-order valence-electron chi connectivity index (χ0n) is 12.3. The molecule has 0 spiro atoms. The van der Waals surface area contributed by atoms with Gasteiger partial charge in [-0.05, 0) is 37.7 Å². The third kappa shape index (κ3) is 3.97. The summed E-state index contributed by atoms with van der Waals surface area (Å²) in [6.45, 7) is 2.59. The molecule has 0 heterocycles. The fourth-order valence-corrected chi connectivity index (χ4v) is 2.56. The van der Waals surface area contributed by atoms with Crippen LogP contribution in [0.5, 0.6) is 0 Å². The highest BCUT2D eigenvalue weighted by molar-refractivity contribution is 6.30. The molecule has 0 radical (unpaired) electrons. The monoisotopic (exact) mass is 304 g/mol. The van der Waals surface area contributed by atoms with E-state index in [0.717, 1.165) is 16.1 Å². The van der Waals surface area contributed by atoms with Crippen LogP contribution in [-0.2, 0) is 0 Å². The molecule has 0 aliphatic rings. The summed E-state index contributed by atoms with van der Waals surface area (Å²) >= 11 is 6.03. The van der Waals surface area contributed by atoms with Crippen molar-refractivity contribution in [1.82, 2.24) is 4.90 Å². The minimum atomic E-state index is -0.613. The molecule has 2 unspecified atom stereocenters. The van der Waals surface area contributed by atoms with Gasteiger partial charge in [0, 0.05) is 28.9 Å². The Morgan fingerprint density at radius 2 is 1.90 bits per heavy atom. The van der Waals surface area contributed by atoms with E-state index in [-0.39, 0.29) is 6.04 Å². The number of nitrogens with two attached hydrogens (primary N) is 1. The second-order valence-corrected chi connectivity index (χ2v) is 5.75. The Kier molecular flexibility index (Phi) is 5.23. The van der Waals surface area contributed by atoms with E-state index in [1.54, 1.807) is 6.07 Å². The molecule has 2 aromatic rings. The van der Waals surface area contributed by atoms with Gasteiger partial charge < -0.3 is 10.8 Å². The summed E-state index contributed by atoms with van der Waals surface area (Å²) < 4.78 is 0. The Labute approximate surface area is 131 Å². The number of hydrogen-bond acceptors (Lipinski definition) is 3. The molecule has 0 aliphatic carbocycles. The average molecular weight is 305 g/mol. The molecule has 3 N–H and O–H groups in total. The van der Waals surface area contributed by atoms with Crippen LogP contribution in [0.15, 0.2) is 48.5 Å². The van der Waals surface area contributed by atoms with E-state index in [1.807, 2.05) is 49.5 Å². The number of aliphatic hydroxyl groups excluding tert-OH is 1. The summed E-state index contributed by atoms with van der Waals surface area (Å²) in [6.07, 6.45) is -0.613. The number of aliphatic hydroxyl groups is 1. The van der Waals surface area contributed by atoms with Crippen LogP contribution in [0.1, 0.15) is 30.2 Å². The topological polar surface area (TPSA) is 49.5 Å². The number of rotatable bonds is 5. The lowest BCUT2D eigenvalue weighted by Gasteiger charge is -2.28. The molecule has 3 nitrogen and oxygen atoms in total. The van der Waals surface area contributed by atoms with Crippen LogP contribution in [0.4, 0.5) is 5.69 Å². The molecule has 0 amide bonds. The number of halogens is 1. The van der Waals surface area contributed by atoms with Gasteiger partial charge in [0.25, 0.3) is 0 Å². The Bertz CT molecular complexity index is 603. The average Bonchev–Trinajstić information content (AvgIpc) is 2.46. The van der Waals surface area contributed by atoms with E-state index >= 15 is 0 Å². The Morgan fingerprint density at radius 1 is 1.19 bits per heavy atom. The zero-order valence-corrected chi connectivity index (χ0v) is 13.1. The van der Waals surface area contributed by atoms with Crippen molar-refractivity contribution in [2.45, 2.75) is 19.1 Å². The number of anilines is 1. The summed E-state index contributed by atoms with van der Waals surface area (Å²) in [5, 5.41) is 11.1. The molecule has 0 aliphatic heterocycles. The summed E-state index contributed by atoms with van der Waals surface area (Å²) in [7, 11) is 1.98. The third-order valence-electron chi connectivity index (χ3n) is 3.81. The molecule has 0 saturated heterocycles. The number of likely N-dealkylation sites (N-methyl/N-ethyl adjacent to an activating group) is 1. The van der Waals surface area contributed by atoms with Crippen LogP contribution in [0.25, 0.3) is 0 Å². The van der Waals surface area contributed by atoms with Crippen molar-refractivity contribution in [2.75, 3.05) is 19.3 Å². The van der Waals surface area contributed by atoms with Crippen LogP contribution in [0.2, 0.25) is 5.02 Å². The summed E-state index contributed by atoms with van der Waals surface area (Å²) in [6, 6.07) is 15.4. The van der Waals surface area contributed by atoms with Crippen molar-refractivity contribution in [3.63, 3.8) is 0 Å². The van der Waals surface area contributed by atoms with E-state index < -0.39 is 6.10 Å². The van der Waals surface area contributed by atoms with Crippen molar-refractivity contribution in [1.29, 1.82) is 0 Å². The Balaban J connectivity index is 2.07. The van der Waals surface area contributed by atoms with Crippen LogP contribution in [-0.4, -0.2) is 23.6 Å². The van der Waals surface area contributed by atoms with Gasteiger partial charge in [0.05, 0.1) is 6.10 Å². The van der Waals surface area contributed by atoms with Gasteiger partial charge in [-0.1, -0.05) is 41.9 Å². The van der Waals surface area contributed by atoms with Gasteiger partial charge in [-0.15, -0.1) is 0 Å². The van der Waals surface area contributed by atoms with Crippen LogP contribution in [0.3, 0.4) is 0 Å². The standard InChI is InChI=1S/C17H21ClN2O/c1-12(13-6-5-7-14(18)10-13)20(2)11-17(21)15-8-3-4-9-16(15)19/h3-10,12,17,21H,11,19H2,1-2H3. The minimum absolute atomic E-state index is 0.156. The smallest absolute Gasteiger partial charge is 0.0936 e. The van der Waals surface area contributed by atoms with Gasteiger partial charge in [0.15, 0.2) is 0 Å². The van der Waals surface area contributed by atoms with Crippen molar-refractivity contribution in [3.05, 3.63) is 64.7 Å². The molecule has 2 rings (SSSR count). The number of nitrogen functional groups attached to an aromatic ring is 1. The maximum Gasteiger partial charge on any atom is 0.0936 e. The van der Waals surface area contributed by atoms with Crippen molar-refractivity contribution < 1.29 is 5.11 Å². The highest BCUT2D eigenvalue weighted by atomic mass is 35.5. The second kappa shape index (κ2) is 6.94. The zero-order chi connectivity index (χ0) is 15.4. The molecule has 112 valence electrons. The molecule has 0 bridgehead atoms. The molecule has 2 atom stereocenters. The van der Waals surface area contributed by atoms with Gasteiger partial charge in [-0.3, -0.25) is 4.90 Å². The SMILES string of the molecule is CC(c1cccc(Cl)c1)N(C)CC(O)c1ccccc1N. The van der Waals surface area contributed by atoms with E-state index in [9.17, 15) is 5.11 Å². The maximum absolute atomic E-state index is 10.4. The summed E-state index contributed by atoms with van der Waals surface area (Å²) in [5.41, 5.74) is 8.42. The third-order valence-corrected chi connectivity index (χ3v) is 4.04. The molecule has 2 aromatic carbocycles. The molecule has 21 heavy (non-hydrogen) atoms. The highest BCUT2D eigenvalue weighted by Gasteiger charge is 2.18. The first-order chi connectivity index (χ1) is 9.99. The van der Waals surface area contributed by atoms with Crippen LogP contribution in [0, 0.1) is 0 Å². The molecule has 0 saturated carbocycles. The lowest BCUT2D eigenvalue weighted by Crippen LogP contribution is -2.28. The van der Waals surface area contributed by atoms with Gasteiger partial charge >= 0.3 is 0 Å². The fourth-order valence-electron chi connectivity index (χ4n) is 2.36. The number of para-hydroxylation sites is 1. The molecular weight excluding hydrogens is 284 g/mol. The number of nitrogens with zero attached hydrogens (tertiary/aromatic N) is 1. The van der Waals surface area contributed by atoms with E-state index in [0.29, 0.717) is 12.2 Å². The van der Waals surface area contributed by atoms with Gasteiger partial charge in [0.2, 0.25) is 0 Å². The van der Waals surface area contributed by atoms with E-state index in [2.05, 4.69) is 11.8 Å². The predicted molar refractivity (Wildman–Crippen MR) is 88.3 cm³/mol. The first-order valence-corrected chi connectivity index (χ1v) is 7.35. The van der Waals surface area contributed by atoms with Gasteiger partial charge in [-0.25, -0.2) is 0 Å². The van der Waals surface area contributed by atoms with Crippen LogP contribution < -0.4 is 5.73 Å². The largest absolute Gasteiger partial charge is 0.398 e. The summed E-state index contributed by atoms with van der Waals surface area (Å²) in [5.74, 6) is 0. The van der Waals surface area contributed by atoms with Crippen molar-refractivity contribution in [2.24, 2.45) is 0 Å². The van der Waals surface area contributed by atoms with Crippen molar-refractivity contribution in [3.8, 4) is 0 Å². The van der Waals surface area contributed by atoms with E-state index in [1.165, 1.54) is 0 Å². The quantitative estimate of drug-likeness (QED) is 0.829. The first-order valence-electron chi connectivity index (χ1n) is 6.97. The maximum atomic E-state index is 10.4. The van der Waals surface area contributed by atoms with E-state index in [4.69, 9.17) is 17.3 Å². The Hall–Kier alpha value is -1.55. The van der Waals surface area contributed by atoms with Crippen LogP contribution >= 0.6 is 11.6 Å².